The number of hydrogen-bond acceptors (Lipinski definition) is 4. The van der Waals surface area contributed by atoms with Crippen LogP contribution < -0.4 is 4.57 Å². The Labute approximate surface area is 108 Å². The number of aromatic nitrogens is 4. The molecule has 5 nitrogen and oxygen atoms in total. The molecule has 0 bridgehead atoms. The van der Waals surface area contributed by atoms with E-state index in [2.05, 4.69) is 21.2 Å². The van der Waals surface area contributed by atoms with Crippen LogP contribution in [-0.4, -0.2) is 15.1 Å². The van der Waals surface area contributed by atoms with Crippen molar-refractivity contribution >= 4 is 23.3 Å². The van der Waals surface area contributed by atoms with E-state index in [-0.39, 0.29) is 0 Å². The number of H-pyrrole nitrogens is 1. The summed E-state index contributed by atoms with van der Waals surface area (Å²) in [5.74, 6) is 0.542. The molecule has 0 aliphatic heterocycles. The molecular weight excluding hydrogens is 248 g/mol. The predicted molar refractivity (Wildman–Crippen MR) is 67.5 cm³/mol. The molecule has 0 saturated heterocycles. The topological polar surface area (TPSA) is 58.6 Å². The fourth-order valence-electron chi connectivity index (χ4n) is 1.87. The second-order valence-corrected chi connectivity index (χ2v) is 4.46. The third-order valence-electron chi connectivity index (χ3n) is 2.63. The Bertz CT molecular complexity index is 762. The molecular formula is C12H11N4OS+. The van der Waals surface area contributed by atoms with Crippen molar-refractivity contribution in [3.63, 3.8) is 0 Å². The Morgan fingerprint density at radius 3 is 3.17 bits per heavy atom. The standard InChI is InChI=1S/C12H10N4OS/c1-8-5-9-3-2-4-16(11(9)13-6-8)7-10-14-12(18)15-17-10/h2-6H,7H2,1H3/p+1. The van der Waals surface area contributed by atoms with Crippen molar-refractivity contribution in [2.24, 2.45) is 0 Å². The molecule has 0 aromatic carbocycles. The van der Waals surface area contributed by atoms with E-state index in [9.17, 15) is 0 Å². The molecule has 0 radical (unpaired) electrons. The summed E-state index contributed by atoms with van der Waals surface area (Å²) in [7, 11) is 0. The molecule has 3 heterocycles. The van der Waals surface area contributed by atoms with Gasteiger partial charge >= 0.3 is 5.65 Å². The van der Waals surface area contributed by atoms with E-state index in [0.29, 0.717) is 17.2 Å². The van der Waals surface area contributed by atoms with Gasteiger partial charge in [-0.05, 0) is 47.9 Å². The summed E-state index contributed by atoms with van der Waals surface area (Å²) < 4.78 is 7.48. The van der Waals surface area contributed by atoms with Gasteiger partial charge in [0, 0.05) is 0 Å². The van der Waals surface area contributed by atoms with Crippen molar-refractivity contribution in [3.05, 3.63) is 46.8 Å². The maximum atomic E-state index is 5.15. The molecule has 0 atom stereocenters. The molecule has 3 aromatic heterocycles. The predicted octanol–water partition coefficient (Wildman–Crippen LogP) is 1.92. The number of aryl methyl sites for hydroxylation is 1. The number of fused-ring (bicyclic) bond motifs is 1. The third-order valence-corrected chi connectivity index (χ3v) is 2.81. The van der Waals surface area contributed by atoms with E-state index in [4.69, 9.17) is 16.7 Å². The zero-order chi connectivity index (χ0) is 12.5. The van der Waals surface area contributed by atoms with Crippen LogP contribution in [0.15, 0.2) is 35.1 Å². The monoisotopic (exact) mass is 259 g/mol. The maximum Gasteiger partial charge on any atom is 0.330 e. The largest absolute Gasteiger partial charge is 0.360 e. The van der Waals surface area contributed by atoms with E-state index in [1.165, 1.54) is 0 Å². The SMILES string of the molecule is Cc1cnc2c(ccc[n+]2Cc2nc(=S)[nH]o2)c1. The molecule has 0 unspecified atom stereocenters. The van der Waals surface area contributed by atoms with Gasteiger partial charge in [-0.1, -0.05) is 0 Å². The lowest BCUT2D eigenvalue weighted by Crippen LogP contribution is -2.35. The van der Waals surface area contributed by atoms with Crippen molar-refractivity contribution in [1.29, 1.82) is 0 Å². The highest BCUT2D eigenvalue weighted by atomic mass is 32.1. The molecule has 0 amide bonds. The van der Waals surface area contributed by atoms with Crippen LogP contribution in [-0.2, 0) is 6.54 Å². The summed E-state index contributed by atoms with van der Waals surface area (Å²) in [6.07, 6.45) is 3.79. The maximum absolute atomic E-state index is 5.15. The number of aromatic amines is 1. The molecule has 0 aliphatic rings. The number of nitrogens with zero attached hydrogens (tertiary/aromatic N) is 3. The number of hydrogen-bond donors (Lipinski definition) is 1. The molecule has 0 aliphatic carbocycles. The molecule has 90 valence electrons. The van der Waals surface area contributed by atoms with Gasteiger partial charge in [-0.2, -0.15) is 10.1 Å². The van der Waals surface area contributed by atoms with Gasteiger partial charge in [-0.15, -0.1) is 0 Å². The van der Waals surface area contributed by atoms with Crippen molar-refractivity contribution in [2.45, 2.75) is 13.5 Å². The van der Waals surface area contributed by atoms with Crippen molar-refractivity contribution < 1.29 is 9.09 Å². The normalized spacial score (nSPS) is 10.9. The van der Waals surface area contributed by atoms with Crippen LogP contribution in [0.1, 0.15) is 11.5 Å². The quantitative estimate of drug-likeness (QED) is 0.564. The number of nitrogens with one attached hydrogen (secondary N) is 1. The Morgan fingerprint density at radius 1 is 1.50 bits per heavy atom. The minimum Gasteiger partial charge on any atom is -0.360 e. The fraction of sp³-hybridized carbons (Fsp3) is 0.167. The van der Waals surface area contributed by atoms with Crippen LogP contribution in [0.4, 0.5) is 0 Å². The van der Waals surface area contributed by atoms with E-state index in [0.717, 1.165) is 16.6 Å². The Balaban J connectivity index is 2.09. The Hall–Kier alpha value is -2.08. The Kier molecular flexibility index (Phi) is 2.64. The van der Waals surface area contributed by atoms with Gasteiger partial charge in [0.15, 0.2) is 6.54 Å². The summed E-state index contributed by atoms with van der Waals surface area (Å²) in [6.45, 7) is 2.52. The van der Waals surface area contributed by atoms with Gasteiger partial charge in [0.1, 0.15) is 6.20 Å². The smallest absolute Gasteiger partial charge is 0.330 e. The zero-order valence-corrected chi connectivity index (χ0v) is 10.6. The van der Waals surface area contributed by atoms with E-state index in [1.807, 2.05) is 36.0 Å². The van der Waals surface area contributed by atoms with E-state index < -0.39 is 0 Å². The van der Waals surface area contributed by atoms with Crippen LogP contribution in [0.3, 0.4) is 0 Å². The summed E-state index contributed by atoms with van der Waals surface area (Å²) in [5.41, 5.74) is 2.03. The highest BCUT2D eigenvalue weighted by Gasteiger charge is 2.12. The molecule has 18 heavy (non-hydrogen) atoms. The summed E-state index contributed by atoms with van der Waals surface area (Å²) in [5, 5.41) is 3.63. The third kappa shape index (κ3) is 2.02. The van der Waals surface area contributed by atoms with Crippen molar-refractivity contribution in [2.75, 3.05) is 0 Å². The zero-order valence-electron chi connectivity index (χ0n) is 9.75. The van der Waals surface area contributed by atoms with Gasteiger partial charge in [0.05, 0.1) is 11.6 Å². The molecule has 0 spiro atoms. The first-order chi connectivity index (χ1) is 8.72. The Morgan fingerprint density at radius 2 is 2.39 bits per heavy atom. The fourth-order valence-corrected chi connectivity index (χ4v) is 2.01. The van der Waals surface area contributed by atoms with Crippen molar-refractivity contribution in [3.8, 4) is 0 Å². The average Bonchev–Trinajstić information content (AvgIpc) is 2.75. The van der Waals surface area contributed by atoms with Crippen LogP contribution in [0.5, 0.6) is 0 Å². The van der Waals surface area contributed by atoms with Gasteiger partial charge < -0.3 is 4.52 Å². The minimum absolute atomic E-state index is 0.356. The van der Waals surface area contributed by atoms with Gasteiger partial charge in [-0.3, -0.25) is 0 Å². The van der Waals surface area contributed by atoms with Crippen LogP contribution in [0, 0.1) is 11.7 Å². The molecule has 0 fully saturated rings. The van der Waals surface area contributed by atoms with Crippen LogP contribution in [0.25, 0.3) is 11.0 Å². The van der Waals surface area contributed by atoms with Gasteiger partial charge in [-0.25, -0.2) is 4.57 Å². The highest BCUT2D eigenvalue weighted by molar-refractivity contribution is 7.71. The summed E-state index contributed by atoms with van der Waals surface area (Å²) >= 11 is 4.88. The first kappa shape index (κ1) is 11.0. The second kappa shape index (κ2) is 4.30. The van der Waals surface area contributed by atoms with Crippen molar-refractivity contribution in [1.82, 2.24) is 15.1 Å². The van der Waals surface area contributed by atoms with Crippen LogP contribution >= 0.6 is 12.2 Å². The first-order valence-electron chi connectivity index (χ1n) is 5.51. The average molecular weight is 259 g/mol. The molecule has 3 rings (SSSR count). The lowest BCUT2D eigenvalue weighted by Gasteiger charge is -1.99. The number of rotatable bonds is 2. The van der Waals surface area contributed by atoms with Gasteiger partial charge in [0.25, 0.3) is 5.89 Å². The van der Waals surface area contributed by atoms with Crippen LogP contribution in [0.2, 0.25) is 0 Å². The lowest BCUT2D eigenvalue weighted by molar-refractivity contribution is -0.666. The van der Waals surface area contributed by atoms with Gasteiger partial charge in [0.2, 0.25) is 4.77 Å². The first-order valence-corrected chi connectivity index (χ1v) is 5.92. The highest BCUT2D eigenvalue weighted by Crippen LogP contribution is 2.08. The van der Waals surface area contributed by atoms with E-state index >= 15 is 0 Å². The summed E-state index contributed by atoms with van der Waals surface area (Å²) in [6, 6.07) is 6.11. The van der Waals surface area contributed by atoms with E-state index in [1.54, 1.807) is 0 Å². The molecule has 0 saturated carbocycles. The summed E-state index contributed by atoms with van der Waals surface area (Å²) in [4.78, 5) is 8.52. The minimum atomic E-state index is 0.356. The number of pyridine rings is 2. The molecule has 6 heteroatoms. The lowest BCUT2D eigenvalue weighted by atomic mass is 10.2. The second-order valence-electron chi connectivity index (χ2n) is 4.08. The molecule has 3 aromatic rings. The molecule has 1 N–H and O–H groups in total.